The van der Waals surface area contributed by atoms with Gasteiger partial charge in [-0.25, -0.2) is 0 Å². The van der Waals surface area contributed by atoms with Crippen LogP contribution in [-0.2, 0) is 4.79 Å². The lowest BCUT2D eigenvalue weighted by Gasteiger charge is -2.10. The maximum atomic E-state index is 12.3. The maximum Gasteiger partial charge on any atom is 0.223 e. The average Bonchev–Trinajstić information content (AvgIpc) is 2.74. The number of hydrogen-bond acceptors (Lipinski definition) is 1. The zero-order valence-electron chi connectivity index (χ0n) is 17.6. The summed E-state index contributed by atoms with van der Waals surface area (Å²) in [5, 5.41) is 3.69. The normalized spacial score (nSPS) is 11.4. The van der Waals surface area contributed by atoms with Crippen LogP contribution in [0.5, 0.6) is 0 Å². The van der Waals surface area contributed by atoms with Gasteiger partial charge in [0.2, 0.25) is 5.91 Å². The molecule has 2 nitrogen and oxygen atoms in total. The van der Waals surface area contributed by atoms with Crippen LogP contribution in [0.4, 0.5) is 0 Å². The molecule has 0 radical (unpaired) electrons. The molecule has 2 rings (SSSR count). The van der Waals surface area contributed by atoms with E-state index in [0.717, 1.165) is 29.5 Å². The molecular formula is C26H34ClNO. The van der Waals surface area contributed by atoms with Gasteiger partial charge in [-0.05, 0) is 29.7 Å². The lowest BCUT2D eigenvalue weighted by Crippen LogP contribution is -2.17. The number of carbonyl (C=O) groups is 1. The number of benzene rings is 2. The van der Waals surface area contributed by atoms with Crippen LogP contribution in [-0.4, -0.2) is 5.91 Å². The van der Waals surface area contributed by atoms with Crippen LogP contribution in [0.25, 0.3) is 5.57 Å². The van der Waals surface area contributed by atoms with Crippen molar-refractivity contribution in [2.75, 3.05) is 0 Å². The number of rotatable bonds is 13. The summed E-state index contributed by atoms with van der Waals surface area (Å²) < 4.78 is 0. The van der Waals surface area contributed by atoms with Crippen molar-refractivity contribution in [3.63, 3.8) is 0 Å². The summed E-state index contributed by atoms with van der Waals surface area (Å²) in [5.74, 6) is 0.0790. The van der Waals surface area contributed by atoms with Crippen LogP contribution in [0.3, 0.4) is 0 Å². The van der Waals surface area contributed by atoms with Crippen molar-refractivity contribution in [3.8, 4) is 0 Å². The first-order valence-corrected chi connectivity index (χ1v) is 11.4. The van der Waals surface area contributed by atoms with E-state index in [2.05, 4.69) is 12.2 Å². The first-order chi connectivity index (χ1) is 14.2. The topological polar surface area (TPSA) is 29.1 Å². The van der Waals surface area contributed by atoms with Crippen molar-refractivity contribution in [2.45, 2.75) is 71.1 Å². The Kier molecular flexibility index (Phi) is 11.2. The minimum Gasteiger partial charge on any atom is -0.332 e. The Balaban J connectivity index is 1.80. The van der Waals surface area contributed by atoms with Gasteiger partial charge in [-0.3, -0.25) is 4.79 Å². The Morgan fingerprint density at radius 3 is 1.97 bits per heavy atom. The number of halogens is 1. The van der Waals surface area contributed by atoms with E-state index in [1.807, 2.05) is 60.8 Å². The van der Waals surface area contributed by atoms with Gasteiger partial charge in [0.25, 0.3) is 0 Å². The molecule has 0 saturated carbocycles. The number of hydrogen-bond donors (Lipinski definition) is 1. The third-order valence-corrected chi connectivity index (χ3v) is 5.38. The van der Waals surface area contributed by atoms with E-state index in [9.17, 15) is 4.79 Å². The first kappa shape index (κ1) is 23.2. The second-order valence-electron chi connectivity index (χ2n) is 7.58. The molecule has 0 heterocycles. The first-order valence-electron chi connectivity index (χ1n) is 11.0. The highest BCUT2D eigenvalue weighted by molar-refractivity contribution is 6.30. The van der Waals surface area contributed by atoms with Crippen LogP contribution in [0.1, 0.15) is 82.3 Å². The number of carbonyl (C=O) groups excluding carboxylic acids is 1. The van der Waals surface area contributed by atoms with E-state index in [0.29, 0.717) is 11.4 Å². The zero-order valence-corrected chi connectivity index (χ0v) is 18.4. The van der Waals surface area contributed by atoms with Crippen LogP contribution < -0.4 is 5.32 Å². The van der Waals surface area contributed by atoms with Crippen molar-refractivity contribution in [2.24, 2.45) is 0 Å². The number of amides is 1. The van der Waals surface area contributed by atoms with Gasteiger partial charge in [-0.2, -0.15) is 0 Å². The fraction of sp³-hybridized carbons (Fsp3) is 0.423. The molecule has 0 aliphatic heterocycles. The lowest BCUT2D eigenvalue weighted by molar-refractivity contribution is -0.120. The molecule has 0 atom stereocenters. The van der Waals surface area contributed by atoms with Crippen LogP contribution in [0, 0.1) is 0 Å². The summed E-state index contributed by atoms with van der Waals surface area (Å²) in [5.41, 5.74) is 3.09. The minimum atomic E-state index is 0.0790. The van der Waals surface area contributed by atoms with E-state index < -0.39 is 0 Å². The molecule has 0 aromatic heterocycles. The third kappa shape index (κ3) is 9.32. The van der Waals surface area contributed by atoms with Gasteiger partial charge in [0.05, 0.1) is 0 Å². The number of nitrogens with one attached hydrogen (secondary N) is 1. The summed E-state index contributed by atoms with van der Waals surface area (Å²) in [6.45, 7) is 2.25. The smallest absolute Gasteiger partial charge is 0.223 e. The number of unbranched alkanes of at least 4 members (excludes halogenated alkanes) is 8. The molecule has 0 spiro atoms. The molecule has 0 saturated heterocycles. The molecule has 1 amide bonds. The summed E-state index contributed by atoms with van der Waals surface area (Å²) in [7, 11) is 0. The quantitative estimate of drug-likeness (QED) is 0.335. The summed E-state index contributed by atoms with van der Waals surface area (Å²) >= 11 is 6.03. The largest absolute Gasteiger partial charge is 0.332 e. The molecular weight excluding hydrogens is 378 g/mol. The molecule has 0 unspecified atom stereocenters. The highest BCUT2D eigenvalue weighted by Crippen LogP contribution is 2.24. The van der Waals surface area contributed by atoms with Gasteiger partial charge in [0.15, 0.2) is 0 Å². The van der Waals surface area contributed by atoms with E-state index in [-0.39, 0.29) is 5.91 Å². The summed E-state index contributed by atoms with van der Waals surface area (Å²) in [6, 6.07) is 17.8. The maximum absolute atomic E-state index is 12.3. The Morgan fingerprint density at radius 1 is 0.793 bits per heavy atom. The molecule has 0 fully saturated rings. The molecule has 1 N–H and O–H groups in total. The Bertz CT molecular complexity index is 737. The molecule has 3 heteroatoms. The van der Waals surface area contributed by atoms with Crippen molar-refractivity contribution >= 4 is 23.1 Å². The molecule has 156 valence electrons. The fourth-order valence-corrected chi connectivity index (χ4v) is 3.53. The summed E-state index contributed by atoms with van der Waals surface area (Å²) in [4.78, 5) is 12.3. The van der Waals surface area contributed by atoms with Crippen LogP contribution in [0.15, 0.2) is 60.8 Å². The Labute approximate surface area is 181 Å². The van der Waals surface area contributed by atoms with E-state index in [1.54, 1.807) is 0 Å². The van der Waals surface area contributed by atoms with Gasteiger partial charge in [0.1, 0.15) is 0 Å². The second kappa shape index (κ2) is 14.0. The molecule has 2 aromatic rings. The third-order valence-electron chi connectivity index (χ3n) is 5.12. The highest BCUT2D eigenvalue weighted by Gasteiger charge is 2.06. The standard InChI is InChI=1S/C26H34ClNO/c1-2-3-4-5-6-7-8-9-13-16-26(29)28-21-25(22-14-11-10-12-15-22)23-17-19-24(27)20-18-23/h10-12,14-15,17-21H,2-9,13,16H2,1H3,(H,28,29). The van der Waals surface area contributed by atoms with Crippen molar-refractivity contribution in [1.82, 2.24) is 5.32 Å². The summed E-state index contributed by atoms with van der Waals surface area (Å²) in [6.07, 6.45) is 13.7. The van der Waals surface area contributed by atoms with E-state index >= 15 is 0 Å². The molecule has 0 aliphatic carbocycles. The van der Waals surface area contributed by atoms with Crippen LogP contribution >= 0.6 is 11.6 Å². The van der Waals surface area contributed by atoms with Crippen LogP contribution in [0.2, 0.25) is 5.02 Å². The lowest BCUT2D eigenvalue weighted by atomic mass is 9.99. The molecule has 0 bridgehead atoms. The van der Waals surface area contributed by atoms with Crippen molar-refractivity contribution < 1.29 is 4.79 Å². The average molecular weight is 412 g/mol. The fourth-order valence-electron chi connectivity index (χ4n) is 3.40. The van der Waals surface area contributed by atoms with E-state index in [4.69, 9.17) is 11.6 Å². The van der Waals surface area contributed by atoms with Gasteiger partial charge in [-0.1, -0.05) is 112 Å². The van der Waals surface area contributed by atoms with Gasteiger partial charge in [-0.15, -0.1) is 0 Å². The van der Waals surface area contributed by atoms with Gasteiger partial charge < -0.3 is 5.32 Å². The van der Waals surface area contributed by atoms with Crippen molar-refractivity contribution in [3.05, 3.63) is 76.9 Å². The van der Waals surface area contributed by atoms with Gasteiger partial charge >= 0.3 is 0 Å². The highest BCUT2D eigenvalue weighted by atomic mass is 35.5. The monoisotopic (exact) mass is 411 g/mol. The molecule has 29 heavy (non-hydrogen) atoms. The SMILES string of the molecule is CCCCCCCCCCCC(=O)NC=C(c1ccccc1)c1ccc(Cl)cc1. The van der Waals surface area contributed by atoms with Gasteiger partial charge in [0, 0.05) is 23.2 Å². The Hall–Kier alpha value is -2.06. The predicted octanol–water partition coefficient (Wildman–Crippen LogP) is 7.77. The second-order valence-corrected chi connectivity index (χ2v) is 8.01. The zero-order chi connectivity index (χ0) is 20.7. The van der Waals surface area contributed by atoms with Crippen molar-refractivity contribution in [1.29, 1.82) is 0 Å². The molecule has 2 aromatic carbocycles. The predicted molar refractivity (Wildman–Crippen MR) is 125 cm³/mol. The Morgan fingerprint density at radius 2 is 1.34 bits per heavy atom. The molecule has 0 aliphatic rings. The van der Waals surface area contributed by atoms with E-state index in [1.165, 1.54) is 44.9 Å². The minimum absolute atomic E-state index is 0.0790.